The van der Waals surface area contributed by atoms with E-state index < -0.39 is 11.7 Å². The van der Waals surface area contributed by atoms with Crippen molar-refractivity contribution < 1.29 is 13.2 Å². The van der Waals surface area contributed by atoms with E-state index >= 15 is 0 Å². The van der Waals surface area contributed by atoms with Gasteiger partial charge in [0.1, 0.15) is 5.82 Å². The lowest BCUT2D eigenvalue weighted by atomic mass is 9.83. The Hall–Kier alpha value is -1.26. The Bertz CT molecular complexity index is 423. The highest BCUT2D eigenvalue weighted by Gasteiger charge is 2.36. The summed E-state index contributed by atoms with van der Waals surface area (Å²) in [5, 5.41) is 2.92. The molecule has 1 aromatic rings. The molecule has 0 bridgehead atoms. The SMILES string of the molecule is CCC1(CNc2ncccc2C(F)(F)F)CCCC1. The van der Waals surface area contributed by atoms with Crippen molar-refractivity contribution in [1.29, 1.82) is 0 Å². The molecule has 1 aliphatic carbocycles. The summed E-state index contributed by atoms with van der Waals surface area (Å²) >= 11 is 0. The van der Waals surface area contributed by atoms with Gasteiger partial charge < -0.3 is 5.32 Å². The van der Waals surface area contributed by atoms with Crippen molar-refractivity contribution in [1.82, 2.24) is 4.98 Å². The fraction of sp³-hybridized carbons (Fsp3) is 0.643. The van der Waals surface area contributed by atoms with Gasteiger partial charge in [-0.05, 0) is 36.8 Å². The normalized spacial score (nSPS) is 18.5. The van der Waals surface area contributed by atoms with Gasteiger partial charge in [0, 0.05) is 12.7 Å². The Kier molecular flexibility index (Phi) is 4.02. The van der Waals surface area contributed by atoms with Crippen molar-refractivity contribution in [2.45, 2.75) is 45.2 Å². The van der Waals surface area contributed by atoms with Crippen LogP contribution in [0.15, 0.2) is 18.3 Å². The number of anilines is 1. The van der Waals surface area contributed by atoms with Gasteiger partial charge in [0.15, 0.2) is 0 Å². The van der Waals surface area contributed by atoms with Crippen molar-refractivity contribution in [3.8, 4) is 0 Å². The van der Waals surface area contributed by atoms with Crippen molar-refractivity contribution >= 4 is 5.82 Å². The van der Waals surface area contributed by atoms with Crippen LogP contribution >= 0.6 is 0 Å². The van der Waals surface area contributed by atoms with E-state index in [9.17, 15) is 13.2 Å². The summed E-state index contributed by atoms with van der Waals surface area (Å²) in [7, 11) is 0. The third-order valence-corrected chi connectivity index (χ3v) is 4.16. The lowest BCUT2D eigenvalue weighted by Gasteiger charge is -2.28. The zero-order chi connectivity index (χ0) is 13.9. The molecule has 1 saturated carbocycles. The average Bonchev–Trinajstić information content (AvgIpc) is 2.85. The minimum absolute atomic E-state index is 0.0466. The Morgan fingerprint density at radius 1 is 1.32 bits per heavy atom. The highest BCUT2D eigenvalue weighted by molar-refractivity contribution is 5.45. The zero-order valence-corrected chi connectivity index (χ0v) is 11.1. The number of aromatic nitrogens is 1. The lowest BCUT2D eigenvalue weighted by Crippen LogP contribution is -2.27. The van der Waals surface area contributed by atoms with Crippen LogP contribution in [-0.4, -0.2) is 11.5 Å². The second-order valence-electron chi connectivity index (χ2n) is 5.31. The number of hydrogen-bond donors (Lipinski definition) is 1. The van der Waals surface area contributed by atoms with Gasteiger partial charge in [-0.2, -0.15) is 13.2 Å². The summed E-state index contributed by atoms with van der Waals surface area (Å²) in [6, 6.07) is 2.39. The van der Waals surface area contributed by atoms with Crippen molar-refractivity contribution in [2.75, 3.05) is 11.9 Å². The van der Waals surface area contributed by atoms with Gasteiger partial charge >= 0.3 is 6.18 Å². The molecule has 0 amide bonds. The molecular weight excluding hydrogens is 253 g/mol. The molecule has 106 valence electrons. The summed E-state index contributed by atoms with van der Waals surface area (Å²) in [5.41, 5.74) is -0.542. The predicted molar refractivity (Wildman–Crippen MR) is 68.9 cm³/mol. The number of rotatable bonds is 4. The Morgan fingerprint density at radius 3 is 2.58 bits per heavy atom. The minimum Gasteiger partial charge on any atom is -0.369 e. The van der Waals surface area contributed by atoms with E-state index in [4.69, 9.17) is 0 Å². The summed E-state index contributed by atoms with van der Waals surface area (Å²) in [6.07, 6.45) is 2.55. The number of pyridine rings is 1. The van der Waals surface area contributed by atoms with Crippen molar-refractivity contribution in [3.05, 3.63) is 23.9 Å². The molecule has 1 heterocycles. The van der Waals surface area contributed by atoms with Crippen LogP contribution in [0, 0.1) is 5.41 Å². The highest BCUT2D eigenvalue weighted by atomic mass is 19.4. The second-order valence-corrected chi connectivity index (χ2v) is 5.31. The largest absolute Gasteiger partial charge is 0.419 e. The Balaban J connectivity index is 2.11. The summed E-state index contributed by atoms with van der Waals surface area (Å²) in [5.74, 6) is -0.0466. The number of hydrogen-bond acceptors (Lipinski definition) is 2. The maximum Gasteiger partial charge on any atom is 0.419 e. The topological polar surface area (TPSA) is 24.9 Å². The molecule has 1 fully saturated rings. The molecule has 0 aromatic carbocycles. The average molecular weight is 272 g/mol. The molecule has 0 saturated heterocycles. The summed E-state index contributed by atoms with van der Waals surface area (Å²) < 4.78 is 38.5. The van der Waals surface area contributed by atoms with E-state index in [1.807, 2.05) is 0 Å². The highest BCUT2D eigenvalue weighted by Crippen LogP contribution is 2.41. The molecule has 1 aromatic heterocycles. The van der Waals surface area contributed by atoms with Crippen LogP contribution in [0.4, 0.5) is 19.0 Å². The molecule has 0 spiro atoms. The van der Waals surface area contributed by atoms with E-state index in [0.29, 0.717) is 6.54 Å². The lowest BCUT2D eigenvalue weighted by molar-refractivity contribution is -0.137. The van der Waals surface area contributed by atoms with E-state index in [0.717, 1.165) is 25.3 Å². The smallest absolute Gasteiger partial charge is 0.369 e. The van der Waals surface area contributed by atoms with E-state index in [1.54, 1.807) is 0 Å². The van der Waals surface area contributed by atoms with Gasteiger partial charge in [-0.3, -0.25) is 0 Å². The third-order valence-electron chi connectivity index (χ3n) is 4.16. The van der Waals surface area contributed by atoms with Crippen LogP contribution in [0.5, 0.6) is 0 Å². The molecular formula is C14H19F3N2. The molecule has 0 radical (unpaired) electrons. The van der Waals surface area contributed by atoms with E-state index in [-0.39, 0.29) is 11.2 Å². The zero-order valence-electron chi connectivity index (χ0n) is 11.1. The number of nitrogens with one attached hydrogen (secondary N) is 1. The fourth-order valence-corrected chi connectivity index (χ4v) is 2.83. The van der Waals surface area contributed by atoms with E-state index in [2.05, 4.69) is 17.2 Å². The maximum absolute atomic E-state index is 12.8. The van der Waals surface area contributed by atoms with Gasteiger partial charge in [0.2, 0.25) is 0 Å². The molecule has 1 N–H and O–H groups in total. The first-order valence-corrected chi connectivity index (χ1v) is 6.73. The molecule has 5 heteroatoms. The molecule has 0 unspecified atom stereocenters. The van der Waals surface area contributed by atoms with Crippen LogP contribution < -0.4 is 5.32 Å². The quantitative estimate of drug-likeness (QED) is 0.874. The molecule has 0 aliphatic heterocycles. The number of nitrogens with zero attached hydrogens (tertiary/aromatic N) is 1. The summed E-state index contributed by atoms with van der Waals surface area (Å²) in [6.45, 7) is 2.68. The Labute approximate surface area is 111 Å². The van der Waals surface area contributed by atoms with Gasteiger partial charge in [0.05, 0.1) is 5.56 Å². The second kappa shape index (κ2) is 5.39. The standard InChI is InChI=1S/C14H19F3N2/c1-2-13(7-3-4-8-13)10-19-12-11(14(15,16)17)6-5-9-18-12/h5-6,9H,2-4,7-8,10H2,1H3,(H,18,19). The first kappa shape index (κ1) is 14.2. The van der Waals surface area contributed by atoms with Crippen molar-refractivity contribution in [3.63, 3.8) is 0 Å². The maximum atomic E-state index is 12.8. The van der Waals surface area contributed by atoms with E-state index in [1.165, 1.54) is 25.1 Å². The number of halogens is 3. The van der Waals surface area contributed by atoms with Crippen molar-refractivity contribution in [2.24, 2.45) is 5.41 Å². The molecule has 0 atom stereocenters. The van der Waals surface area contributed by atoms with Gasteiger partial charge in [0.25, 0.3) is 0 Å². The minimum atomic E-state index is -4.36. The van der Waals surface area contributed by atoms with Gasteiger partial charge in [-0.1, -0.05) is 19.8 Å². The Morgan fingerprint density at radius 2 is 2.00 bits per heavy atom. The third kappa shape index (κ3) is 3.19. The monoisotopic (exact) mass is 272 g/mol. The first-order chi connectivity index (χ1) is 8.97. The number of alkyl halides is 3. The fourth-order valence-electron chi connectivity index (χ4n) is 2.83. The molecule has 1 aliphatic rings. The molecule has 2 rings (SSSR count). The van der Waals surface area contributed by atoms with Gasteiger partial charge in [-0.15, -0.1) is 0 Å². The van der Waals surface area contributed by atoms with Crippen LogP contribution in [0.25, 0.3) is 0 Å². The summed E-state index contributed by atoms with van der Waals surface area (Å²) in [4.78, 5) is 3.84. The predicted octanol–water partition coefficient (Wildman–Crippen LogP) is 4.48. The van der Waals surface area contributed by atoms with Crippen LogP contribution in [0.1, 0.15) is 44.6 Å². The van der Waals surface area contributed by atoms with Crippen LogP contribution in [0.2, 0.25) is 0 Å². The van der Waals surface area contributed by atoms with Crippen LogP contribution in [-0.2, 0) is 6.18 Å². The molecule has 2 nitrogen and oxygen atoms in total. The first-order valence-electron chi connectivity index (χ1n) is 6.73. The van der Waals surface area contributed by atoms with Gasteiger partial charge in [-0.25, -0.2) is 4.98 Å². The molecule has 19 heavy (non-hydrogen) atoms. The van der Waals surface area contributed by atoms with Crippen LogP contribution in [0.3, 0.4) is 0 Å².